The van der Waals surface area contributed by atoms with Gasteiger partial charge in [-0.25, -0.2) is 4.98 Å². The molecule has 0 radical (unpaired) electrons. The molecule has 0 aliphatic carbocycles. The minimum absolute atomic E-state index is 0.0658. The van der Waals surface area contributed by atoms with E-state index in [9.17, 15) is 4.79 Å². The molecular formula is C27H26N4O. The number of carbonyl (C=O) groups excluding carboxylic acids is 1. The third-order valence-electron chi connectivity index (χ3n) is 6.05. The second-order valence-electron chi connectivity index (χ2n) is 8.21. The van der Waals surface area contributed by atoms with E-state index in [1.165, 1.54) is 16.7 Å². The van der Waals surface area contributed by atoms with Crippen molar-refractivity contribution >= 4 is 5.91 Å². The highest BCUT2D eigenvalue weighted by atomic mass is 16.1. The second-order valence-corrected chi connectivity index (χ2v) is 8.21. The maximum atomic E-state index is 12.7. The van der Waals surface area contributed by atoms with E-state index in [2.05, 4.69) is 51.6 Å². The molecule has 1 N–H and O–H groups in total. The monoisotopic (exact) mass is 422 g/mol. The Kier molecular flexibility index (Phi) is 5.81. The molecule has 0 spiro atoms. The van der Waals surface area contributed by atoms with Gasteiger partial charge in [0, 0.05) is 44.1 Å². The summed E-state index contributed by atoms with van der Waals surface area (Å²) in [5.74, 6) is -0.0658. The number of hydrogen-bond acceptors (Lipinski definition) is 3. The summed E-state index contributed by atoms with van der Waals surface area (Å²) in [7, 11) is 0. The van der Waals surface area contributed by atoms with E-state index in [-0.39, 0.29) is 5.91 Å². The van der Waals surface area contributed by atoms with Crippen molar-refractivity contribution in [2.75, 3.05) is 6.54 Å². The molecular weight excluding hydrogens is 396 g/mol. The van der Waals surface area contributed by atoms with Gasteiger partial charge in [0.25, 0.3) is 5.91 Å². The number of aromatic nitrogens is 2. The van der Waals surface area contributed by atoms with Crippen LogP contribution in [-0.4, -0.2) is 26.9 Å². The first-order chi connectivity index (χ1) is 15.8. The number of nitrogens with one attached hydrogen (secondary N) is 1. The molecule has 0 saturated heterocycles. The fourth-order valence-electron chi connectivity index (χ4n) is 4.30. The first-order valence-corrected chi connectivity index (χ1v) is 11.0. The molecule has 4 aromatic rings. The Morgan fingerprint density at radius 3 is 2.53 bits per heavy atom. The molecule has 5 heteroatoms. The lowest BCUT2D eigenvalue weighted by Gasteiger charge is -2.28. The van der Waals surface area contributed by atoms with Crippen molar-refractivity contribution in [3.05, 3.63) is 119 Å². The Labute approximate surface area is 188 Å². The van der Waals surface area contributed by atoms with Crippen LogP contribution in [0.5, 0.6) is 0 Å². The minimum atomic E-state index is -0.0658. The normalized spacial score (nSPS) is 13.5. The Bertz CT molecular complexity index is 1200. The van der Waals surface area contributed by atoms with Crippen molar-refractivity contribution in [2.24, 2.45) is 0 Å². The molecule has 160 valence electrons. The quantitative estimate of drug-likeness (QED) is 0.502. The molecule has 1 aliphatic rings. The fraction of sp³-hybridized carbons (Fsp3) is 0.185. The van der Waals surface area contributed by atoms with E-state index in [0.29, 0.717) is 12.1 Å². The zero-order valence-corrected chi connectivity index (χ0v) is 17.9. The van der Waals surface area contributed by atoms with Gasteiger partial charge < -0.3 is 9.88 Å². The lowest BCUT2D eigenvalue weighted by molar-refractivity contribution is 0.0951. The molecule has 3 aromatic carbocycles. The molecule has 5 rings (SSSR count). The molecule has 1 amide bonds. The van der Waals surface area contributed by atoms with Gasteiger partial charge in [-0.1, -0.05) is 54.6 Å². The van der Waals surface area contributed by atoms with E-state index in [4.69, 9.17) is 0 Å². The van der Waals surface area contributed by atoms with Crippen LogP contribution in [0.3, 0.4) is 0 Å². The average molecular weight is 423 g/mol. The Balaban J connectivity index is 1.19. The Morgan fingerprint density at radius 2 is 1.72 bits per heavy atom. The Morgan fingerprint density at radius 1 is 0.938 bits per heavy atom. The van der Waals surface area contributed by atoms with E-state index in [0.717, 1.165) is 37.3 Å². The van der Waals surface area contributed by atoms with Gasteiger partial charge in [-0.15, -0.1) is 0 Å². The van der Waals surface area contributed by atoms with Crippen molar-refractivity contribution in [3.63, 3.8) is 0 Å². The molecule has 0 bridgehead atoms. The molecule has 1 aromatic heterocycles. The summed E-state index contributed by atoms with van der Waals surface area (Å²) >= 11 is 0. The zero-order valence-electron chi connectivity index (χ0n) is 17.9. The summed E-state index contributed by atoms with van der Waals surface area (Å²) < 4.78 is 1.95. The summed E-state index contributed by atoms with van der Waals surface area (Å²) in [5, 5.41) is 3.05. The van der Waals surface area contributed by atoms with Gasteiger partial charge in [0.15, 0.2) is 0 Å². The predicted octanol–water partition coefficient (Wildman–Crippen LogP) is 4.36. The number of rotatable bonds is 6. The molecule has 32 heavy (non-hydrogen) atoms. The van der Waals surface area contributed by atoms with Gasteiger partial charge in [0.05, 0.1) is 12.0 Å². The number of hydrogen-bond donors (Lipinski definition) is 1. The molecule has 0 fully saturated rings. The van der Waals surface area contributed by atoms with Crippen molar-refractivity contribution in [3.8, 4) is 5.69 Å². The molecule has 1 aliphatic heterocycles. The van der Waals surface area contributed by atoms with Gasteiger partial charge in [0.2, 0.25) is 0 Å². The summed E-state index contributed by atoms with van der Waals surface area (Å²) in [6.07, 6.45) is 6.51. The van der Waals surface area contributed by atoms with Crippen LogP contribution in [0.1, 0.15) is 32.6 Å². The van der Waals surface area contributed by atoms with Crippen LogP contribution in [-0.2, 0) is 26.1 Å². The maximum absolute atomic E-state index is 12.7. The van der Waals surface area contributed by atoms with E-state index < -0.39 is 0 Å². The van der Waals surface area contributed by atoms with Gasteiger partial charge >= 0.3 is 0 Å². The summed E-state index contributed by atoms with van der Waals surface area (Å²) in [6.45, 7) is 3.40. The molecule has 0 atom stereocenters. The molecule has 0 unspecified atom stereocenters. The van der Waals surface area contributed by atoms with Crippen molar-refractivity contribution in [2.45, 2.75) is 26.1 Å². The average Bonchev–Trinajstić information content (AvgIpc) is 3.38. The molecule has 2 heterocycles. The SMILES string of the molecule is O=C(NCc1ccccc1-n1ccnc1)c1ccc(CN2CCc3ccccc3C2)cc1. The lowest BCUT2D eigenvalue weighted by Crippen LogP contribution is -2.30. The van der Waals surface area contributed by atoms with E-state index >= 15 is 0 Å². The topological polar surface area (TPSA) is 50.2 Å². The zero-order chi connectivity index (χ0) is 21.8. The summed E-state index contributed by atoms with van der Waals surface area (Å²) in [5.41, 5.74) is 6.85. The number of fused-ring (bicyclic) bond motifs is 1. The summed E-state index contributed by atoms with van der Waals surface area (Å²) in [4.78, 5) is 19.3. The number of amides is 1. The first-order valence-electron chi connectivity index (χ1n) is 11.0. The van der Waals surface area contributed by atoms with Crippen molar-refractivity contribution < 1.29 is 4.79 Å². The van der Waals surface area contributed by atoms with Gasteiger partial charge in [0.1, 0.15) is 0 Å². The van der Waals surface area contributed by atoms with Crippen LogP contribution in [0.25, 0.3) is 5.69 Å². The third kappa shape index (κ3) is 4.48. The van der Waals surface area contributed by atoms with Crippen molar-refractivity contribution in [1.82, 2.24) is 19.8 Å². The van der Waals surface area contributed by atoms with Crippen LogP contribution in [0.15, 0.2) is 91.5 Å². The van der Waals surface area contributed by atoms with Gasteiger partial charge in [-0.05, 0) is 46.9 Å². The van der Waals surface area contributed by atoms with E-state index in [1.54, 1.807) is 12.5 Å². The highest BCUT2D eigenvalue weighted by Gasteiger charge is 2.16. The van der Waals surface area contributed by atoms with Crippen LogP contribution < -0.4 is 5.32 Å². The smallest absolute Gasteiger partial charge is 0.251 e. The number of imidazole rings is 1. The molecule has 0 saturated carbocycles. The number of nitrogens with zero attached hydrogens (tertiary/aromatic N) is 3. The first kappa shape index (κ1) is 20.2. The third-order valence-corrected chi connectivity index (χ3v) is 6.05. The van der Waals surface area contributed by atoms with Crippen LogP contribution in [0.4, 0.5) is 0 Å². The van der Waals surface area contributed by atoms with Gasteiger partial charge in [-0.3, -0.25) is 9.69 Å². The number of carbonyl (C=O) groups is 1. The van der Waals surface area contributed by atoms with Crippen LogP contribution in [0, 0.1) is 0 Å². The lowest BCUT2D eigenvalue weighted by atomic mass is 9.99. The largest absolute Gasteiger partial charge is 0.348 e. The highest BCUT2D eigenvalue weighted by molar-refractivity contribution is 5.94. The second kappa shape index (κ2) is 9.20. The van der Waals surface area contributed by atoms with Crippen LogP contribution >= 0.6 is 0 Å². The number of para-hydroxylation sites is 1. The standard InChI is InChI=1S/C27H26N4O/c32-27(29-17-24-6-3-4-8-26(24)31-16-14-28-20-31)23-11-9-21(10-12-23)18-30-15-13-22-5-1-2-7-25(22)19-30/h1-12,14,16,20H,13,15,17-19H2,(H,29,32). The number of benzene rings is 3. The Hall–Kier alpha value is -3.70. The molecule has 5 nitrogen and oxygen atoms in total. The highest BCUT2D eigenvalue weighted by Crippen LogP contribution is 2.20. The van der Waals surface area contributed by atoms with E-state index in [1.807, 2.05) is 47.2 Å². The maximum Gasteiger partial charge on any atom is 0.251 e. The van der Waals surface area contributed by atoms with Crippen LogP contribution in [0.2, 0.25) is 0 Å². The minimum Gasteiger partial charge on any atom is -0.348 e. The summed E-state index contributed by atoms with van der Waals surface area (Å²) in [6, 6.07) is 24.7. The van der Waals surface area contributed by atoms with Gasteiger partial charge in [-0.2, -0.15) is 0 Å². The van der Waals surface area contributed by atoms with Crippen molar-refractivity contribution in [1.29, 1.82) is 0 Å². The fourth-order valence-corrected chi connectivity index (χ4v) is 4.30. The predicted molar refractivity (Wildman–Crippen MR) is 125 cm³/mol.